The lowest BCUT2D eigenvalue weighted by molar-refractivity contribution is 0.197. The van der Waals surface area contributed by atoms with Crippen LogP contribution in [0, 0.1) is 17.8 Å². The first-order valence-corrected chi connectivity index (χ1v) is 4.22. The molecule has 0 amide bonds. The van der Waals surface area contributed by atoms with Gasteiger partial charge in [-0.2, -0.15) is 0 Å². The predicted octanol–water partition coefficient (Wildman–Crippen LogP) is 3.08. The van der Waals surface area contributed by atoms with E-state index in [1.54, 1.807) is 0 Å². The zero-order chi connectivity index (χ0) is 6.85. The van der Waals surface area contributed by atoms with Crippen LogP contribution in [0.3, 0.4) is 0 Å². The van der Waals surface area contributed by atoms with Crippen LogP contribution in [0.2, 0.25) is 0 Å². The first-order chi connectivity index (χ1) is 4.22. The average molecular weight is 126 g/mol. The van der Waals surface area contributed by atoms with Gasteiger partial charge in [-0.25, -0.2) is 0 Å². The summed E-state index contributed by atoms with van der Waals surface area (Å²) in [7, 11) is 0. The fourth-order valence-corrected chi connectivity index (χ4v) is 1.85. The molecular formula is C9H18. The average Bonchev–Trinajstić information content (AvgIpc) is 1.83. The first-order valence-electron chi connectivity index (χ1n) is 4.22. The topological polar surface area (TPSA) is 0 Å². The van der Waals surface area contributed by atoms with E-state index in [4.69, 9.17) is 0 Å². The Morgan fingerprint density at radius 2 is 1.33 bits per heavy atom. The summed E-state index contributed by atoms with van der Waals surface area (Å²) in [6, 6.07) is 0. The second-order valence-corrected chi connectivity index (χ2v) is 3.74. The van der Waals surface area contributed by atoms with Crippen molar-refractivity contribution in [1.29, 1.82) is 0 Å². The number of rotatable bonds is 0. The highest BCUT2D eigenvalue weighted by Crippen LogP contribution is 2.33. The Bertz CT molecular complexity index is 76.0. The summed E-state index contributed by atoms with van der Waals surface area (Å²) in [4.78, 5) is 0. The van der Waals surface area contributed by atoms with Gasteiger partial charge in [-0.15, -0.1) is 0 Å². The zero-order valence-corrected chi connectivity index (χ0v) is 6.85. The molecule has 1 aliphatic rings. The maximum Gasteiger partial charge on any atom is -0.0391 e. The minimum atomic E-state index is 0.971. The minimum Gasteiger partial charge on any atom is -0.0622 e. The van der Waals surface area contributed by atoms with Crippen molar-refractivity contribution in [3.8, 4) is 0 Å². The van der Waals surface area contributed by atoms with Crippen LogP contribution in [0.25, 0.3) is 0 Å². The van der Waals surface area contributed by atoms with Crippen molar-refractivity contribution in [2.75, 3.05) is 0 Å². The van der Waals surface area contributed by atoms with E-state index in [2.05, 4.69) is 20.8 Å². The number of hydrogen-bond acceptors (Lipinski definition) is 0. The third-order valence-corrected chi connectivity index (χ3v) is 3.11. The zero-order valence-electron chi connectivity index (χ0n) is 6.85. The van der Waals surface area contributed by atoms with Crippen molar-refractivity contribution in [3.05, 3.63) is 0 Å². The smallest absolute Gasteiger partial charge is 0.0391 e. The first kappa shape index (κ1) is 7.11. The van der Waals surface area contributed by atoms with E-state index in [1.807, 2.05) is 0 Å². The molecule has 0 heteroatoms. The molecule has 2 unspecified atom stereocenters. The van der Waals surface area contributed by atoms with E-state index >= 15 is 0 Å². The lowest BCUT2D eigenvalue weighted by Crippen LogP contribution is -2.21. The van der Waals surface area contributed by atoms with Gasteiger partial charge in [0.2, 0.25) is 0 Å². The molecule has 1 rings (SSSR count). The van der Waals surface area contributed by atoms with E-state index < -0.39 is 0 Å². The highest BCUT2D eigenvalue weighted by molar-refractivity contribution is 4.73. The molecular weight excluding hydrogens is 108 g/mol. The van der Waals surface area contributed by atoms with Crippen LogP contribution < -0.4 is 0 Å². The molecule has 0 bridgehead atoms. The van der Waals surface area contributed by atoms with Crippen molar-refractivity contribution in [2.24, 2.45) is 17.8 Å². The van der Waals surface area contributed by atoms with Crippen molar-refractivity contribution in [1.82, 2.24) is 0 Å². The van der Waals surface area contributed by atoms with Gasteiger partial charge in [-0.05, 0) is 17.8 Å². The summed E-state index contributed by atoms with van der Waals surface area (Å²) in [5.41, 5.74) is 0. The molecule has 0 aromatic carbocycles. The van der Waals surface area contributed by atoms with Gasteiger partial charge in [0.25, 0.3) is 0 Å². The van der Waals surface area contributed by atoms with E-state index in [0.717, 1.165) is 17.8 Å². The largest absolute Gasteiger partial charge is 0.0622 e. The predicted molar refractivity (Wildman–Crippen MR) is 41.3 cm³/mol. The monoisotopic (exact) mass is 126 g/mol. The van der Waals surface area contributed by atoms with Crippen molar-refractivity contribution < 1.29 is 0 Å². The minimum absolute atomic E-state index is 0.971. The molecule has 0 spiro atoms. The fraction of sp³-hybridized carbons (Fsp3) is 1.00. The molecule has 1 aliphatic carbocycles. The van der Waals surface area contributed by atoms with Crippen LogP contribution in [0.1, 0.15) is 40.0 Å². The fourth-order valence-electron chi connectivity index (χ4n) is 1.85. The highest BCUT2D eigenvalue weighted by Gasteiger charge is 2.22. The lowest BCUT2D eigenvalue weighted by atomic mass is 9.75. The molecule has 0 radical (unpaired) electrons. The molecule has 0 heterocycles. The molecule has 0 nitrogen and oxygen atoms in total. The molecule has 2 atom stereocenters. The Labute approximate surface area is 58.7 Å². The standard InChI is InChI=1S/C9H18/c1-7-5-4-6-8(2)9(7)3/h7-9H,4-6H2,1-3H3. The molecule has 0 N–H and O–H groups in total. The second kappa shape index (κ2) is 2.72. The van der Waals surface area contributed by atoms with Gasteiger partial charge in [0.15, 0.2) is 0 Å². The number of hydrogen-bond donors (Lipinski definition) is 0. The Kier molecular flexibility index (Phi) is 2.15. The summed E-state index contributed by atoms with van der Waals surface area (Å²) in [6.07, 6.45) is 4.39. The van der Waals surface area contributed by atoms with E-state index in [1.165, 1.54) is 19.3 Å². The molecule has 1 saturated carbocycles. The molecule has 54 valence electrons. The van der Waals surface area contributed by atoms with E-state index in [0.29, 0.717) is 0 Å². The second-order valence-electron chi connectivity index (χ2n) is 3.74. The Morgan fingerprint density at radius 3 is 1.67 bits per heavy atom. The van der Waals surface area contributed by atoms with Gasteiger partial charge in [0.05, 0.1) is 0 Å². The van der Waals surface area contributed by atoms with Crippen molar-refractivity contribution in [3.63, 3.8) is 0 Å². The van der Waals surface area contributed by atoms with E-state index in [-0.39, 0.29) is 0 Å². The maximum absolute atomic E-state index is 2.40. The Hall–Kier alpha value is 0. The molecule has 0 aliphatic heterocycles. The molecule has 0 aromatic heterocycles. The normalized spacial score (nSPS) is 45.0. The van der Waals surface area contributed by atoms with Crippen molar-refractivity contribution >= 4 is 0 Å². The Balaban J connectivity index is 2.41. The van der Waals surface area contributed by atoms with Gasteiger partial charge < -0.3 is 0 Å². The van der Waals surface area contributed by atoms with Crippen LogP contribution >= 0.6 is 0 Å². The maximum atomic E-state index is 2.40. The molecule has 0 saturated heterocycles. The van der Waals surface area contributed by atoms with Crippen LogP contribution in [0.4, 0.5) is 0 Å². The van der Waals surface area contributed by atoms with Crippen LogP contribution in [0.15, 0.2) is 0 Å². The summed E-state index contributed by atoms with van der Waals surface area (Å²) < 4.78 is 0. The van der Waals surface area contributed by atoms with Gasteiger partial charge in [-0.1, -0.05) is 40.0 Å². The van der Waals surface area contributed by atoms with Gasteiger partial charge in [-0.3, -0.25) is 0 Å². The Morgan fingerprint density at radius 1 is 0.889 bits per heavy atom. The summed E-state index contributed by atoms with van der Waals surface area (Å²) in [5, 5.41) is 0. The molecule has 9 heavy (non-hydrogen) atoms. The van der Waals surface area contributed by atoms with E-state index in [9.17, 15) is 0 Å². The third kappa shape index (κ3) is 1.47. The van der Waals surface area contributed by atoms with Crippen molar-refractivity contribution in [2.45, 2.75) is 40.0 Å². The quantitative estimate of drug-likeness (QED) is 0.468. The summed E-state index contributed by atoms with van der Waals surface area (Å²) in [5.74, 6) is 2.93. The highest BCUT2D eigenvalue weighted by atomic mass is 14.3. The van der Waals surface area contributed by atoms with Gasteiger partial charge in [0.1, 0.15) is 0 Å². The van der Waals surface area contributed by atoms with Crippen LogP contribution in [-0.2, 0) is 0 Å². The van der Waals surface area contributed by atoms with Crippen LogP contribution in [0.5, 0.6) is 0 Å². The van der Waals surface area contributed by atoms with Gasteiger partial charge in [0, 0.05) is 0 Å². The molecule has 1 fully saturated rings. The summed E-state index contributed by atoms with van der Waals surface area (Å²) in [6.45, 7) is 7.18. The lowest BCUT2D eigenvalue weighted by Gasteiger charge is -2.31. The third-order valence-electron chi connectivity index (χ3n) is 3.11. The molecule has 0 aromatic rings. The van der Waals surface area contributed by atoms with Crippen LogP contribution in [-0.4, -0.2) is 0 Å². The summed E-state index contributed by atoms with van der Waals surface area (Å²) >= 11 is 0. The van der Waals surface area contributed by atoms with Gasteiger partial charge >= 0.3 is 0 Å². The SMILES string of the molecule is CC1CCCC(C)C1C.